The maximum Gasteiger partial charge on any atom is 0.200 e. The van der Waals surface area contributed by atoms with E-state index in [9.17, 15) is 8.42 Å². The minimum atomic E-state index is -3.32. The van der Waals surface area contributed by atoms with Gasteiger partial charge in [0.05, 0.1) is 4.91 Å². The number of benzene rings is 2. The van der Waals surface area contributed by atoms with Gasteiger partial charge in [-0.25, -0.2) is 8.42 Å². The number of hydrogen-bond donors (Lipinski definition) is 0. The Morgan fingerprint density at radius 1 is 0.880 bits per heavy atom. The Morgan fingerprint density at radius 3 is 2.56 bits per heavy atom. The third-order valence-electron chi connectivity index (χ3n) is 5.41. The van der Waals surface area contributed by atoms with Crippen LogP contribution in [0.1, 0.15) is 24.0 Å². The molecule has 5 rings (SSSR count). The fourth-order valence-corrected chi connectivity index (χ4v) is 5.47. The van der Waals surface area contributed by atoms with Gasteiger partial charge in [0.15, 0.2) is 0 Å². The van der Waals surface area contributed by atoms with Gasteiger partial charge in [0, 0.05) is 11.5 Å². The Kier molecular flexibility index (Phi) is 3.16. The molecule has 1 heterocycles. The summed E-state index contributed by atoms with van der Waals surface area (Å²) in [6, 6.07) is 12.8. The van der Waals surface area contributed by atoms with E-state index >= 15 is 0 Å². The standard InChI is InChI=1S/C22H17O2S/c23-25(24)14-4-9-22(25)21-8-3-7-17-19-11-10-15-5-1-2-6-16(15)18(19)12-13-20(17)21/h1-2,4-6,10,12-14H,3,7-8,11H2. The van der Waals surface area contributed by atoms with Crippen molar-refractivity contribution < 1.29 is 8.42 Å². The lowest BCUT2D eigenvalue weighted by molar-refractivity contribution is 0.611. The zero-order valence-electron chi connectivity index (χ0n) is 13.7. The molecule has 2 aromatic carbocycles. The van der Waals surface area contributed by atoms with Crippen LogP contribution >= 0.6 is 0 Å². The smallest absolute Gasteiger partial charge is 0.200 e. The van der Waals surface area contributed by atoms with Crippen LogP contribution in [0.15, 0.2) is 52.8 Å². The highest BCUT2D eigenvalue weighted by Crippen LogP contribution is 2.31. The van der Waals surface area contributed by atoms with Crippen molar-refractivity contribution in [1.29, 1.82) is 0 Å². The van der Waals surface area contributed by atoms with E-state index in [2.05, 4.69) is 48.6 Å². The molecule has 3 heteroatoms. The summed E-state index contributed by atoms with van der Waals surface area (Å²) in [5.74, 6) is 0. The summed E-state index contributed by atoms with van der Waals surface area (Å²) in [5.41, 5.74) is 3.62. The average Bonchev–Trinajstić information content (AvgIpc) is 2.99. The van der Waals surface area contributed by atoms with Crippen LogP contribution < -0.4 is 10.4 Å². The Balaban J connectivity index is 1.89. The topological polar surface area (TPSA) is 34.1 Å². The summed E-state index contributed by atoms with van der Waals surface area (Å²) in [6.07, 6.45) is 10.5. The van der Waals surface area contributed by atoms with E-state index in [1.165, 1.54) is 38.3 Å². The van der Waals surface area contributed by atoms with Gasteiger partial charge in [-0.15, -0.1) is 0 Å². The predicted molar refractivity (Wildman–Crippen MR) is 99.1 cm³/mol. The Bertz CT molecular complexity index is 1290. The third kappa shape index (κ3) is 2.19. The second-order valence-electron chi connectivity index (χ2n) is 6.77. The first kappa shape index (κ1) is 14.9. The zero-order chi connectivity index (χ0) is 17.0. The van der Waals surface area contributed by atoms with E-state index < -0.39 is 9.84 Å². The average molecular weight is 345 g/mol. The van der Waals surface area contributed by atoms with Crippen LogP contribution in [0.5, 0.6) is 0 Å². The van der Waals surface area contributed by atoms with Crippen molar-refractivity contribution in [3.8, 4) is 0 Å². The molecule has 0 unspecified atom stereocenters. The molecule has 2 aliphatic carbocycles. The highest BCUT2D eigenvalue weighted by molar-refractivity contribution is 7.98. The molecule has 0 N–H and O–H groups in total. The highest BCUT2D eigenvalue weighted by atomic mass is 32.2. The molecule has 3 aliphatic rings. The van der Waals surface area contributed by atoms with Gasteiger partial charge in [0.2, 0.25) is 9.84 Å². The number of hydrogen-bond acceptors (Lipinski definition) is 2. The first-order valence-corrected chi connectivity index (χ1v) is 10.2. The van der Waals surface area contributed by atoms with Crippen LogP contribution in [0, 0.1) is 16.5 Å². The maximum atomic E-state index is 12.3. The quantitative estimate of drug-likeness (QED) is 0.795. The molecule has 0 aromatic heterocycles. The summed E-state index contributed by atoms with van der Waals surface area (Å²) in [6.45, 7) is 0. The number of allylic oxidation sites excluding steroid dienone is 3. The van der Waals surface area contributed by atoms with Crippen LogP contribution in [0.2, 0.25) is 0 Å². The van der Waals surface area contributed by atoms with Gasteiger partial charge in [0.25, 0.3) is 0 Å². The van der Waals surface area contributed by atoms with Gasteiger partial charge in [-0.2, -0.15) is 0 Å². The molecule has 0 saturated carbocycles. The van der Waals surface area contributed by atoms with Crippen LogP contribution in [-0.2, 0) is 22.7 Å². The molecule has 0 amide bonds. The summed E-state index contributed by atoms with van der Waals surface area (Å²) in [4.78, 5) is 0.369. The molecule has 123 valence electrons. The molecule has 0 fully saturated rings. The Labute approximate surface area is 146 Å². The molecule has 0 saturated heterocycles. The molecular weight excluding hydrogens is 328 g/mol. The Hall–Kier alpha value is -2.39. The first-order valence-electron chi connectivity index (χ1n) is 8.64. The number of sulfone groups is 1. The van der Waals surface area contributed by atoms with Crippen molar-refractivity contribution in [3.05, 3.63) is 90.9 Å². The first-order chi connectivity index (χ1) is 12.1. The SMILES string of the molecule is O=S1(=O)C=C[C]=C1C1=c2ccc3c(c2CCC1)CC=c1ccccc1=3. The fourth-order valence-electron chi connectivity index (χ4n) is 4.30. The maximum absolute atomic E-state index is 12.3. The molecule has 0 spiro atoms. The van der Waals surface area contributed by atoms with E-state index in [4.69, 9.17) is 0 Å². The van der Waals surface area contributed by atoms with E-state index in [0.717, 1.165) is 36.5 Å². The molecule has 2 aromatic rings. The molecule has 2 nitrogen and oxygen atoms in total. The van der Waals surface area contributed by atoms with Crippen molar-refractivity contribution in [2.45, 2.75) is 25.7 Å². The largest absolute Gasteiger partial charge is 0.219 e. The lowest BCUT2D eigenvalue weighted by Crippen LogP contribution is -2.24. The van der Waals surface area contributed by atoms with Gasteiger partial charge in [-0.3, -0.25) is 0 Å². The molecular formula is C22H17O2S. The van der Waals surface area contributed by atoms with Crippen molar-refractivity contribution in [2.24, 2.45) is 0 Å². The second kappa shape index (κ2) is 5.30. The van der Waals surface area contributed by atoms with E-state index in [-0.39, 0.29) is 0 Å². The second-order valence-corrected chi connectivity index (χ2v) is 8.54. The van der Waals surface area contributed by atoms with E-state index in [0.29, 0.717) is 4.91 Å². The lowest BCUT2D eigenvalue weighted by atomic mass is 9.85. The minimum Gasteiger partial charge on any atom is -0.219 e. The molecule has 1 radical (unpaired) electrons. The van der Waals surface area contributed by atoms with Crippen molar-refractivity contribution in [2.75, 3.05) is 0 Å². The van der Waals surface area contributed by atoms with Gasteiger partial charge in [-0.1, -0.05) is 42.5 Å². The van der Waals surface area contributed by atoms with E-state index in [1.807, 2.05) is 0 Å². The van der Waals surface area contributed by atoms with Crippen molar-refractivity contribution in [1.82, 2.24) is 0 Å². The highest BCUT2D eigenvalue weighted by Gasteiger charge is 2.26. The van der Waals surface area contributed by atoms with E-state index in [1.54, 1.807) is 0 Å². The molecule has 0 atom stereocenters. The summed E-state index contributed by atoms with van der Waals surface area (Å²) in [7, 11) is -3.32. The summed E-state index contributed by atoms with van der Waals surface area (Å²) >= 11 is 0. The van der Waals surface area contributed by atoms with Crippen molar-refractivity contribution in [3.63, 3.8) is 0 Å². The summed E-state index contributed by atoms with van der Waals surface area (Å²) < 4.78 is 24.6. The molecule has 0 bridgehead atoms. The van der Waals surface area contributed by atoms with Gasteiger partial charge in [0.1, 0.15) is 0 Å². The van der Waals surface area contributed by atoms with Gasteiger partial charge in [-0.05, 0) is 69.3 Å². The Morgan fingerprint density at radius 2 is 1.72 bits per heavy atom. The van der Waals surface area contributed by atoms with Gasteiger partial charge < -0.3 is 0 Å². The molecule has 25 heavy (non-hydrogen) atoms. The number of rotatable bonds is 1. The summed E-state index contributed by atoms with van der Waals surface area (Å²) in [5, 5.41) is 6.22. The van der Waals surface area contributed by atoms with Crippen LogP contribution in [-0.4, -0.2) is 8.42 Å². The fraction of sp³-hybridized carbons (Fsp3) is 0.182. The lowest BCUT2D eigenvalue weighted by Gasteiger charge is -2.21. The van der Waals surface area contributed by atoms with Crippen LogP contribution in [0.4, 0.5) is 0 Å². The zero-order valence-corrected chi connectivity index (χ0v) is 14.6. The van der Waals surface area contributed by atoms with Crippen molar-refractivity contribution >= 4 is 21.5 Å². The van der Waals surface area contributed by atoms with Crippen LogP contribution in [0.3, 0.4) is 0 Å². The molecule has 1 aliphatic heterocycles. The third-order valence-corrected chi connectivity index (χ3v) is 6.83. The number of fused-ring (bicyclic) bond motifs is 4. The monoisotopic (exact) mass is 345 g/mol. The normalized spacial score (nSPS) is 19.5. The predicted octanol–water partition coefficient (Wildman–Crippen LogP) is 2.43. The minimum absolute atomic E-state index is 0.369. The van der Waals surface area contributed by atoms with Gasteiger partial charge >= 0.3 is 0 Å². The van der Waals surface area contributed by atoms with Crippen LogP contribution in [0.25, 0.3) is 11.6 Å².